The van der Waals surface area contributed by atoms with Crippen LogP contribution in [0.4, 0.5) is 0 Å². The van der Waals surface area contributed by atoms with Crippen molar-refractivity contribution in [1.82, 2.24) is 25.8 Å². The molecule has 7 N–H and O–H groups in total. The third-order valence-electron chi connectivity index (χ3n) is 12.8. The Bertz CT molecular complexity index is 2680. The summed E-state index contributed by atoms with van der Waals surface area (Å²) < 4.78 is 11.7. The van der Waals surface area contributed by atoms with Crippen molar-refractivity contribution in [3.63, 3.8) is 0 Å². The predicted octanol–water partition coefficient (Wildman–Crippen LogP) is 5.25. The zero-order valence-corrected chi connectivity index (χ0v) is 37.2. The SMILES string of the molecule is O=C(COc1cccc([C@](O)(C(=O)OCC2CCN(Cc3ccccc3)CC2)c2ccccc2)c1)NC1CC(NC(=O)c2ccc(CCNCC(O)c3ccc(O)c4[nH]c(=O)ccc34)cc2)C1. The fourth-order valence-electron chi connectivity index (χ4n) is 8.84. The van der Waals surface area contributed by atoms with E-state index in [4.69, 9.17) is 9.47 Å². The van der Waals surface area contributed by atoms with Gasteiger partial charge in [0.2, 0.25) is 11.2 Å². The molecule has 0 bridgehead atoms. The van der Waals surface area contributed by atoms with Gasteiger partial charge in [0.1, 0.15) is 11.5 Å². The quantitative estimate of drug-likeness (QED) is 0.0414. The topological polar surface area (TPSA) is 203 Å². The molecule has 1 aliphatic carbocycles. The minimum Gasteiger partial charge on any atom is -0.506 e. The molecule has 14 nitrogen and oxygen atoms in total. The molecular weight excluding hydrogens is 851 g/mol. The van der Waals surface area contributed by atoms with Crippen LogP contribution in [0.15, 0.2) is 138 Å². The number of esters is 1. The number of fused-ring (bicyclic) bond motifs is 1. The molecule has 14 heteroatoms. The molecule has 2 heterocycles. The maximum absolute atomic E-state index is 13.8. The van der Waals surface area contributed by atoms with Crippen LogP contribution in [0.2, 0.25) is 0 Å². The number of amides is 2. The van der Waals surface area contributed by atoms with Crippen LogP contribution in [-0.2, 0) is 32.9 Å². The van der Waals surface area contributed by atoms with Crippen molar-refractivity contribution in [3.05, 3.63) is 177 Å². The summed E-state index contributed by atoms with van der Waals surface area (Å²) in [6, 6.07) is 38.7. The number of phenols is 1. The van der Waals surface area contributed by atoms with Gasteiger partial charge in [0, 0.05) is 47.8 Å². The van der Waals surface area contributed by atoms with Gasteiger partial charge in [0.15, 0.2) is 6.61 Å². The van der Waals surface area contributed by atoms with E-state index < -0.39 is 17.7 Å². The van der Waals surface area contributed by atoms with Crippen LogP contribution in [0.1, 0.15) is 70.0 Å². The second-order valence-corrected chi connectivity index (χ2v) is 17.6. The summed E-state index contributed by atoms with van der Waals surface area (Å²) in [7, 11) is 0. The van der Waals surface area contributed by atoms with E-state index in [9.17, 15) is 34.5 Å². The Kier molecular flexibility index (Phi) is 15.1. The van der Waals surface area contributed by atoms with E-state index in [1.807, 2.05) is 36.4 Å². The van der Waals surface area contributed by atoms with E-state index in [0.717, 1.165) is 38.0 Å². The third-order valence-corrected chi connectivity index (χ3v) is 12.8. The monoisotopic (exact) mass is 907 g/mol. The Hall–Kier alpha value is -6.84. The molecule has 6 aromatic rings. The highest BCUT2D eigenvalue weighted by molar-refractivity contribution is 5.94. The number of pyridine rings is 1. The Balaban J connectivity index is 0.751. The van der Waals surface area contributed by atoms with Gasteiger partial charge in [-0.1, -0.05) is 91.0 Å². The number of aliphatic hydroxyl groups is 2. The molecule has 8 rings (SSSR count). The van der Waals surface area contributed by atoms with Gasteiger partial charge < -0.3 is 45.7 Å². The summed E-state index contributed by atoms with van der Waals surface area (Å²) in [5.41, 5.74) is 1.86. The molecule has 2 fully saturated rings. The summed E-state index contributed by atoms with van der Waals surface area (Å²) in [5, 5.41) is 42.9. The summed E-state index contributed by atoms with van der Waals surface area (Å²) in [6.07, 6.45) is 2.71. The first-order valence-electron chi connectivity index (χ1n) is 22.9. The lowest BCUT2D eigenvalue weighted by molar-refractivity contribution is -0.164. The Morgan fingerprint density at radius 1 is 0.791 bits per heavy atom. The summed E-state index contributed by atoms with van der Waals surface area (Å²) in [6.45, 7) is 3.44. The second-order valence-electron chi connectivity index (χ2n) is 17.6. The van der Waals surface area contributed by atoms with Gasteiger partial charge in [0.05, 0.1) is 18.2 Å². The lowest BCUT2D eigenvalue weighted by atomic mass is 9.86. The highest BCUT2D eigenvalue weighted by atomic mass is 16.5. The minimum atomic E-state index is -2.10. The average molecular weight is 908 g/mol. The first-order valence-corrected chi connectivity index (χ1v) is 22.9. The van der Waals surface area contributed by atoms with Crippen molar-refractivity contribution in [1.29, 1.82) is 0 Å². The van der Waals surface area contributed by atoms with Crippen LogP contribution in [0.5, 0.6) is 11.5 Å². The van der Waals surface area contributed by atoms with Crippen molar-refractivity contribution >= 4 is 28.7 Å². The molecule has 5 aromatic carbocycles. The van der Waals surface area contributed by atoms with E-state index in [1.165, 1.54) is 17.7 Å². The number of H-pyrrole nitrogens is 1. The highest BCUT2D eigenvalue weighted by Gasteiger charge is 2.42. The van der Waals surface area contributed by atoms with Crippen LogP contribution >= 0.6 is 0 Å². The van der Waals surface area contributed by atoms with Gasteiger partial charge >= 0.3 is 5.97 Å². The summed E-state index contributed by atoms with van der Waals surface area (Å²) >= 11 is 0. The number of carbonyl (C=O) groups is 3. The molecule has 1 saturated heterocycles. The van der Waals surface area contributed by atoms with E-state index in [-0.39, 0.29) is 72.0 Å². The van der Waals surface area contributed by atoms with E-state index in [2.05, 4.69) is 38.0 Å². The number of carbonyl (C=O) groups excluding carboxylic acids is 3. The van der Waals surface area contributed by atoms with E-state index >= 15 is 0 Å². The van der Waals surface area contributed by atoms with Gasteiger partial charge in [-0.15, -0.1) is 0 Å². The lowest BCUT2D eigenvalue weighted by Crippen LogP contribution is -2.54. The number of hydrogen-bond donors (Lipinski definition) is 7. The first kappa shape index (κ1) is 46.7. The Morgan fingerprint density at radius 2 is 1.49 bits per heavy atom. The maximum atomic E-state index is 13.8. The van der Waals surface area contributed by atoms with Crippen LogP contribution in [0.3, 0.4) is 0 Å². The standard InChI is InChI=1S/C53H57N5O9/c59-46-20-18-44(45-19-21-48(61)57-50(45)46)47(60)31-54-25-22-35-14-16-38(17-15-35)51(63)56-42-29-41(30-42)55-49(62)34-66-43-13-7-12-40(28-43)53(65,39-10-5-2-6-11-39)52(64)67-33-37-23-26-58(27-24-37)32-36-8-3-1-4-9-36/h1-21,28,37,41-42,47,54,59-60,65H,22-27,29-34H2,(H,55,62)(H,56,63)(H,57,61)/t41?,42?,47?,53-/m0/s1. The first-order chi connectivity index (χ1) is 32.5. The molecule has 348 valence electrons. The van der Waals surface area contributed by atoms with E-state index in [1.54, 1.807) is 72.8 Å². The second kappa shape index (κ2) is 21.6. The number of nitrogens with zero attached hydrogens (tertiary/aromatic N) is 1. The van der Waals surface area contributed by atoms with Crippen LogP contribution < -0.4 is 26.2 Å². The molecule has 1 aliphatic heterocycles. The number of hydrogen-bond acceptors (Lipinski definition) is 11. The number of phenolic OH excluding ortho intramolecular Hbond substituents is 1. The summed E-state index contributed by atoms with van der Waals surface area (Å²) in [4.78, 5) is 56.5. The van der Waals surface area contributed by atoms with Crippen molar-refractivity contribution in [2.24, 2.45) is 5.92 Å². The van der Waals surface area contributed by atoms with Crippen LogP contribution in [0.25, 0.3) is 10.9 Å². The zero-order valence-electron chi connectivity index (χ0n) is 37.2. The van der Waals surface area contributed by atoms with E-state index in [0.29, 0.717) is 53.6 Å². The smallest absolute Gasteiger partial charge is 0.347 e. The molecule has 1 aromatic heterocycles. The Morgan fingerprint density at radius 3 is 2.24 bits per heavy atom. The Labute approximate surface area is 389 Å². The number of aliphatic hydroxyl groups excluding tert-OH is 1. The van der Waals surface area contributed by atoms with Gasteiger partial charge in [0.25, 0.3) is 11.8 Å². The molecule has 2 atom stereocenters. The number of benzene rings is 5. The average Bonchev–Trinajstić information content (AvgIpc) is 3.34. The van der Waals surface area contributed by atoms with Gasteiger partial charge in [-0.3, -0.25) is 19.3 Å². The van der Waals surface area contributed by atoms with Crippen molar-refractivity contribution in [2.45, 2.75) is 62.4 Å². The third kappa shape index (κ3) is 11.8. The molecular formula is C53H57N5O9. The van der Waals surface area contributed by atoms with Crippen LogP contribution in [-0.4, -0.2) is 94.5 Å². The number of aromatic hydroxyl groups is 1. The maximum Gasteiger partial charge on any atom is 0.347 e. The lowest BCUT2D eigenvalue weighted by Gasteiger charge is -2.36. The molecule has 2 amide bonds. The molecule has 0 spiro atoms. The van der Waals surface area contributed by atoms with Crippen molar-refractivity contribution < 1.29 is 39.2 Å². The van der Waals surface area contributed by atoms with Gasteiger partial charge in [-0.25, -0.2) is 4.79 Å². The number of aromatic nitrogens is 1. The normalized spacial score (nSPS) is 17.7. The number of ether oxygens (including phenoxy) is 2. The molecule has 1 unspecified atom stereocenters. The molecule has 1 saturated carbocycles. The van der Waals surface area contributed by atoms with Crippen molar-refractivity contribution in [3.8, 4) is 11.5 Å². The van der Waals surface area contributed by atoms with Crippen molar-refractivity contribution in [2.75, 3.05) is 39.4 Å². The fraction of sp³-hybridized carbons (Fsp3) is 0.321. The van der Waals surface area contributed by atoms with Gasteiger partial charge in [-0.05, 0) is 116 Å². The largest absolute Gasteiger partial charge is 0.506 e. The number of piperidine rings is 1. The number of nitrogens with one attached hydrogen (secondary N) is 4. The summed E-state index contributed by atoms with van der Waals surface area (Å²) in [5.74, 6) is -0.886. The molecule has 2 aliphatic rings. The molecule has 0 radical (unpaired) electrons. The van der Waals surface area contributed by atoms with Gasteiger partial charge in [-0.2, -0.15) is 0 Å². The number of likely N-dealkylation sites (tertiary alicyclic amines) is 1. The minimum absolute atomic E-state index is 0.0626. The number of rotatable bonds is 19. The van der Waals surface area contributed by atoms with Crippen LogP contribution in [0, 0.1) is 5.92 Å². The fourth-order valence-corrected chi connectivity index (χ4v) is 8.84. The number of aromatic amines is 1. The molecule has 67 heavy (non-hydrogen) atoms. The highest BCUT2D eigenvalue weighted by Crippen LogP contribution is 2.34. The predicted molar refractivity (Wildman–Crippen MR) is 253 cm³/mol. The zero-order chi connectivity index (χ0) is 46.8.